The van der Waals surface area contributed by atoms with Crippen LogP contribution in [0, 0.1) is 5.92 Å². The molecule has 1 aromatic heterocycles. The molecule has 0 aliphatic carbocycles. The summed E-state index contributed by atoms with van der Waals surface area (Å²) < 4.78 is 39.4. The Morgan fingerprint density at radius 2 is 1.73 bits per heavy atom. The monoisotopic (exact) mass is 371 g/mol. The first-order valence-corrected chi connectivity index (χ1v) is 8.93. The van der Waals surface area contributed by atoms with Crippen molar-refractivity contribution in [3.8, 4) is 0 Å². The number of alkyl halides is 3. The summed E-state index contributed by atoms with van der Waals surface area (Å²) >= 11 is 0. The van der Waals surface area contributed by atoms with Crippen molar-refractivity contribution in [3.05, 3.63) is 11.8 Å². The molecule has 3 heterocycles. The molecule has 6 nitrogen and oxygen atoms in total. The lowest BCUT2D eigenvalue weighted by Gasteiger charge is -2.34. The predicted octanol–water partition coefficient (Wildman–Crippen LogP) is 2.40. The Hall–Kier alpha value is -2.06. The average molecular weight is 371 g/mol. The van der Waals surface area contributed by atoms with Gasteiger partial charge >= 0.3 is 6.18 Å². The zero-order valence-electron chi connectivity index (χ0n) is 15.1. The Morgan fingerprint density at radius 1 is 1.12 bits per heavy atom. The first-order valence-electron chi connectivity index (χ1n) is 8.93. The molecular formula is C17H24F3N5O. The standard InChI is InChI=1S/C17H24F3N5O/c1-23(2)16-21-13(17(18,19)20)11-14(22-16)24-9-5-12(6-10-24)15(26)25-7-3-4-8-25/h11-12H,3-10H2,1-2H3. The zero-order valence-corrected chi connectivity index (χ0v) is 15.1. The number of anilines is 2. The topological polar surface area (TPSA) is 52.6 Å². The Balaban J connectivity index is 1.72. The van der Waals surface area contributed by atoms with Gasteiger partial charge in [-0.2, -0.15) is 18.2 Å². The van der Waals surface area contributed by atoms with Crippen LogP contribution in [0.2, 0.25) is 0 Å². The number of nitrogens with zero attached hydrogens (tertiary/aromatic N) is 5. The van der Waals surface area contributed by atoms with Gasteiger partial charge in [-0.25, -0.2) is 4.98 Å². The number of carbonyl (C=O) groups is 1. The lowest BCUT2D eigenvalue weighted by atomic mass is 9.95. The molecule has 1 amide bonds. The van der Waals surface area contributed by atoms with Crippen LogP contribution in [0.1, 0.15) is 31.4 Å². The Kier molecular flexibility index (Phi) is 5.24. The first-order chi connectivity index (χ1) is 12.3. The van der Waals surface area contributed by atoms with Gasteiger partial charge in [0, 0.05) is 52.3 Å². The molecule has 2 fully saturated rings. The minimum Gasteiger partial charge on any atom is -0.356 e. The van der Waals surface area contributed by atoms with Crippen molar-refractivity contribution in [1.82, 2.24) is 14.9 Å². The summed E-state index contributed by atoms with van der Waals surface area (Å²) in [6.45, 7) is 2.69. The summed E-state index contributed by atoms with van der Waals surface area (Å²) in [5.74, 6) is 0.449. The smallest absolute Gasteiger partial charge is 0.356 e. The molecule has 2 aliphatic heterocycles. The molecule has 2 saturated heterocycles. The summed E-state index contributed by atoms with van der Waals surface area (Å²) in [7, 11) is 3.22. The molecule has 0 unspecified atom stereocenters. The second-order valence-corrected chi connectivity index (χ2v) is 7.10. The number of halogens is 3. The molecule has 26 heavy (non-hydrogen) atoms. The van der Waals surface area contributed by atoms with Gasteiger partial charge < -0.3 is 14.7 Å². The Morgan fingerprint density at radius 3 is 2.27 bits per heavy atom. The number of aromatic nitrogens is 2. The number of hydrogen-bond acceptors (Lipinski definition) is 5. The van der Waals surface area contributed by atoms with Gasteiger partial charge in [-0.15, -0.1) is 0 Å². The van der Waals surface area contributed by atoms with Crippen molar-refractivity contribution in [2.24, 2.45) is 5.92 Å². The van der Waals surface area contributed by atoms with Gasteiger partial charge in [0.1, 0.15) is 5.82 Å². The van der Waals surface area contributed by atoms with Crippen LogP contribution in [-0.2, 0) is 11.0 Å². The molecule has 0 atom stereocenters. The van der Waals surface area contributed by atoms with E-state index < -0.39 is 11.9 Å². The van der Waals surface area contributed by atoms with Gasteiger partial charge in [0.25, 0.3) is 0 Å². The molecule has 0 saturated carbocycles. The fourth-order valence-corrected chi connectivity index (χ4v) is 3.48. The minimum absolute atomic E-state index is 0.0325. The van der Waals surface area contributed by atoms with Crippen LogP contribution in [-0.4, -0.2) is 61.0 Å². The van der Waals surface area contributed by atoms with E-state index in [9.17, 15) is 18.0 Å². The van der Waals surface area contributed by atoms with Crippen molar-refractivity contribution >= 4 is 17.7 Å². The van der Waals surface area contributed by atoms with E-state index in [1.165, 1.54) is 4.90 Å². The highest BCUT2D eigenvalue weighted by Crippen LogP contribution is 2.32. The molecule has 3 rings (SSSR count). The van der Waals surface area contributed by atoms with Crippen molar-refractivity contribution in [2.75, 3.05) is 50.1 Å². The van der Waals surface area contributed by atoms with E-state index in [2.05, 4.69) is 9.97 Å². The summed E-state index contributed by atoms with van der Waals surface area (Å²) in [4.78, 5) is 25.6. The quantitative estimate of drug-likeness (QED) is 0.817. The fourth-order valence-electron chi connectivity index (χ4n) is 3.48. The maximum Gasteiger partial charge on any atom is 0.433 e. The predicted molar refractivity (Wildman–Crippen MR) is 92.1 cm³/mol. The molecule has 0 bridgehead atoms. The van der Waals surface area contributed by atoms with Crippen molar-refractivity contribution < 1.29 is 18.0 Å². The number of rotatable bonds is 3. The second kappa shape index (κ2) is 7.28. The second-order valence-electron chi connectivity index (χ2n) is 7.10. The molecular weight excluding hydrogens is 347 g/mol. The molecule has 9 heteroatoms. The van der Waals surface area contributed by atoms with E-state index in [0.29, 0.717) is 25.9 Å². The van der Waals surface area contributed by atoms with E-state index >= 15 is 0 Å². The molecule has 2 aliphatic rings. The maximum atomic E-state index is 13.1. The summed E-state index contributed by atoms with van der Waals surface area (Å²) in [6.07, 6.45) is -1.14. The fraction of sp³-hybridized carbons (Fsp3) is 0.706. The van der Waals surface area contributed by atoms with Gasteiger partial charge in [0.2, 0.25) is 11.9 Å². The van der Waals surface area contributed by atoms with Crippen LogP contribution >= 0.6 is 0 Å². The van der Waals surface area contributed by atoms with Crippen LogP contribution in [0.15, 0.2) is 6.07 Å². The third-order valence-corrected chi connectivity index (χ3v) is 4.98. The zero-order chi connectivity index (χ0) is 18.9. The van der Waals surface area contributed by atoms with Crippen LogP contribution in [0.4, 0.5) is 24.9 Å². The molecule has 0 N–H and O–H groups in total. The first kappa shape index (κ1) is 18.7. The van der Waals surface area contributed by atoms with E-state index in [4.69, 9.17) is 0 Å². The molecule has 0 aromatic carbocycles. The van der Waals surface area contributed by atoms with Crippen molar-refractivity contribution in [2.45, 2.75) is 31.9 Å². The van der Waals surface area contributed by atoms with Crippen LogP contribution in [0.5, 0.6) is 0 Å². The SMILES string of the molecule is CN(C)c1nc(N2CCC(C(=O)N3CCCC3)CC2)cc(C(F)(F)F)n1. The largest absolute Gasteiger partial charge is 0.433 e. The number of likely N-dealkylation sites (tertiary alicyclic amines) is 1. The summed E-state index contributed by atoms with van der Waals surface area (Å²) in [5.41, 5.74) is -0.943. The molecule has 144 valence electrons. The highest BCUT2D eigenvalue weighted by molar-refractivity contribution is 5.79. The number of amides is 1. The normalized spacial score (nSPS) is 19.1. The van der Waals surface area contributed by atoms with E-state index in [-0.39, 0.29) is 23.6 Å². The van der Waals surface area contributed by atoms with Gasteiger partial charge in [-0.3, -0.25) is 4.79 Å². The van der Waals surface area contributed by atoms with Gasteiger partial charge in [0.15, 0.2) is 5.69 Å². The maximum absolute atomic E-state index is 13.1. The molecule has 0 spiro atoms. The number of piperidine rings is 1. The van der Waals surface area contributed by atoms with E-state index in [1.807, 2.05) is 9.80 Å². The highest BCUT2D eigenvalue weighted by Gasteiger charge is 2.35. The Bertz CT molecular complexity index is 650. The van der Waals surface area contributed by atoms with Crippen LogP contribution in [0.3, 0.4) is 0 Å². The van der Waals surface area contributed by atoms with Gasteiger partial charge in [-0.1, -0.05) is 0 Å². The third kappa shape index (κ3) is 4.02. The Labute approximate surface area is 151 Å². The number of hydrogen-bond donors (Lipinski definition) is 0. The summed E-state index contributed by atoms with van der Waals surface area (Å²) in [6, 6.07) is 0.996. The molecule has 0 radical (unpaired) electrons. The minimum atomic E-state index is -4.52. The van der Waals surface area contributed by atoms with Gasteiger partial charge in [0.05, 0.1) is 0 Å². The lowest BCUT2D eigenvalue weighted by Crippen LogP contribution is -2.42. The van der Waals surface area contributed by atoms with Crippen LogP contribution < -0.4 is 9.80 Å². The number of carbonyl (C=O) groups excluding carboxylic acids is 1. The van der Waals surface area contributed by atoms with Crippen molar-refractivity contribution in [1.29, 1.82) is 0 Å². The van der Waals surface area contributed by atoms with E-state index in [1.54, 1.807) is 14.1 Å². The van der Waals surface area contributed by atoms with Gasteiger partial charge in [-0.05, 0) is 25.7 Å². The molecule has 1 aromatic rings. The third-order valence-electron chi connectivity index (χ3n) is 4.98. The average Bonchev–Trinajstić information content (AvgIpc) is 3.14. The summed E-state index contributed by atoms with van der Waals surface area (Å²) in [5, 5.41) is 0. The highest BCUT2D eigenvalue weighted by atomic mass is 19.4. The van der Waals surface area contributed by atoms with Crippen LogP contribution in [0.25, 0.3) is 0 Å². The lowest BCUT2D eigenvalue weighted by molar-refractivity contribution is -0.141. The van der Waals surface area contributed by atoms with Crippen molar-refractivity contribution in [3.63, 3.8) is 0 Å². The van der Waals surface area contributed by atoms with E-state index in [0.717, 1.165) is 32.0 Å².